The van der Waals surface area contributed by atoms with Gasteiger partial charge in [-0.15, -0.1) is 11.3 Å². The first-order chi connectivity index (χ1) is 17.4. The van der Waals surface area contributed by atoms with Gasteiger partial charge in [-0.25, -0.2) is 4.39 Å². The molecule has 3 heterocycles. The highest BCUT2D eigenvalue weighted by Gasteiger charge is 2.34. The van der Waals surface area contributed by atoms with Crippen LogP contribution in [0.2, 0.25) is 0 Å². The Kier molecular flexibility index (Phi) is 7.21. The van der Waals surface area contributed by atoms with Crippen molar-refractivity contribution in [3.8, 4) is 0 Å². The third-order valence-corrected chi connectivity index (χ3v) is 8.45. The fourth-order valence-corrected chi connectivity index (χ4v) is 6.41. The highest BCUT2D eigenvalue weighted by Crippen LogP contribution is 2.38. The number of thiophene rings is 1. The second-order valence-corrected chi connectivity index (χ2v) is 10.9. The molecule has 0 radical (unpaired) electrons. The van der Waals surface area contributed by atoms with E-state index < -0.39 is 0 Å². The van der Waals surface area contributed by atoms with Gasteiger partial charge in [-0.2, -0.15) is 0 Å². The molecule has 0 spiro atoms. The van der Waals surface area contributed by atoms with Crippen LogP contribution in [0.1, 0.15) is 40.1 Å². The molecule has 1 saturated heterocycles. The lowest BCUT2D eigenvalue weighted by molar-refractivity contribution is -0.143. The average molecular weight is 506 g/mol. The first kappa shape index (κ1) is 24.7. The van der Waals surface area contributed by atoms with E-state index in [9.17, 15) is 14.0 Å². The van der Waals surface area contributed by atoms with Crippen LogP contribution in [0.3, 0.4) is 0 Å². The standard InChI is InChI=1S/C29H32FN3O2S/c1-20-5-3-4-6-24(20)29-25-12-16-36-26(25)11-13-32(29)19-28(35)31-14-15-33(21(2)18-31)27(34)17-22-7-9-23(30)10-8-22/h3-10,12,16,21,29H,11,13-15,17-19H2,1-2H3/t21-,29-/m0/s1. The average Bonchev–Trinajstić information content (AvgIpc) is 3.35. The molecule has 3 aromatic rings. The summed E-state index contributed by atoms with van der Waals surface area (Å²) in [6.45, 7) is 6.93. The maximum absolute atomic E-state index is 13.5. The first-order valence-corrected chi connectivity index (χ1v) is 13.5. The van der Waals surface area contributed by atoms with Gasteiger partial charge in [-0.3, -0.25) is 14.5 Å². The van der Waals surface area contributed by atoms with Crippen molar-refractivity contribution in [1.29, 1.82) is 0 Å². The van der Waals surface area contributed by atoms with Crippen LogP contribution in [0.4, 0.5) is 4.39 Å². The fourth-order valence-electron chi connectivity index (χ4n) is 5.50. The van der Waals surface area contributed by atoms with Crippen LogP contribution < -0.4 is 0 Å². The number of hydrogen-bond donors (Lipinski definition) is 0. The van der Waals surface area contributed by atoms with E-state index in [2.05, 4.69) is 47.5 Å². The normalized spacial score (nSPS) is 20.3. The summed E-state index contributed by atoms with van der Waals surface area (Å²) in [5, 5.41) is 2.16. The molecule has 2 aromatic carbocycles. The number of halogens is 1. The summed E-state index contributed by atoms with van der Waals surface area (Å²) in [4.78, 5) is 33.9. The van der Waals surface area contributed by atoms with E-state index in [1.165, 1.54) is 33.7 Å². The third-order valence-electron chi connectivity index (χ3n) is 7.46. The van der Waals surface area contributed by atoms with Crippen molar-refractivity contribution in [2.45, 2.75) is 38.8 Å². The Labute approximate surface area is 216 Å². The van der Waals surface area contributed by atoms with E-state index in [-0.39, 0.29) is 36.1 Å². The zero-order valence-electron chi connectivity index (χ0n) is 20.8. The molecule has 0 bridgehead atoms. The van der Waals surface area contributed by atoms with Crippen LogP contribution >= 0.6 is 11.3 Å². The molecule has 0 saturated carbocycles. The van der Waals surface area contributed by atoms with Crippen molar-refractivity contribution < 1.29 is 14.0 Å². The minimum Gasteiger partial charge on any atom is -0.338 e. The number of nitrogens with zero attached hydrogens (tertiary/aromatic N) is 3. The molecule has 1 fully saturated rings. The molecule has 0 N–H and O–H groups in total. The highest BCUT2D eigenvalue weighted by molar-refractivity contribution is 7.10. The van der Waals surface area contributed by atoms with Crippen molar-refractivity contribution in [3.63, 3.8) is 0 Å². The second kappa shape index (κ2) is 10.5. The van der Waals surface area contributed by atoms with Crippen LogP contribution in [0.25, 0.3) is 0 Å². The SMILES string of the molecule is Cc1ccccc1[C@H]1c2ccsc2CCN1CC(=O)N1CCN(C(=O)Cc2ccc(F)cc2)[C@@H](C)C1. The zero-order valence-corrected chi connectivity index (χ0v) is 21.6. The lowest BCUT2D eigenvalue weighted by Gasteiger charge is -2.42. The van der Waals surface area contributed by atoms with Crippen LogP contribution in [0, 0.1) is 12.7 Å². The maximum atomic E-state index is 13.5. The second-order valence-electron chi connectivity index (χ2n) is 9.86. The van der Waals surface area contributed by atoms with E-state index in [0.29, 0.717) is 26.2 Å². The Morgan fingerprint density at radius 1 is 0.972 bits per heavy atom. The number of hydrogen-bond acceptors (Lipinski definition) is 4. The number of aryl methyl sites for hydroxylation is 1. The van der Waals surface area contributed by atoms with Crippen molar-refractivity contribution in [2.75, 3.05) is 32.7 Å². The number of fused-ring (bicyclic) bond motifs is 1. The van der Waals surface area contributed by atoms with Gasteiger partial charge in [0.25, 0.3) is 0 Å². The predicted octanol–water partition coefficient (Wildman–Crippen LogP) is 4.45. The number of piperazine rings is 1. The van der Waals surface area contributed by atoms with Gasteiger partial charge in [0.15, 0.2) is 0 Å². The van der Waals surface area contributed by atoms with E-state index in [4.69, 9.17) is 0 Å². The van der Waals surface area contributed by atoms with Gasteiger partial charge in [0.1, 0.15) is 5.82 Å². The quantitative estimate of drug-likeness (QED) is 0.515. The summed E-state index contributed by atoms with van der Waals surface area (Å²) in [6, 6.07) is 16.8. The van der Waals surface area contributed by atoms with Gasteiger partial charge in [-0.1, -0.05) is 36.4 Å². The molecule has 0 unspecified atom stereocenters. The Hall–Kier alpha value is -3.03. The predicted molar refractivity (Wildman–Crippen MR) is 140 cm³/mol. The molecule has 2 amide bonds. The van der Waals surface area contributed by atoms with Gasteiger partial charge in [0, 0.05) is 37.1 Å². The number of amides is 2. The van der Waals surface area contributed by atoms with E-state index in [0.717, 1.165) is 18.5 Å². The largest absolute Gasteiger partial charge is 0.338 e. The summed E-state index contributed by atoms with van der Waals surface area (Å²) in [7, 11) is 0. The number of carbonyl (C=O) groups is 2. The summed E-state index contributed by atoms with van der Waals surface area (Å²) in [5.41, 5.74) is 4.61. The van der Waals surface area contributed by atoms with E-state index >= 15 is 0 Å². The highest BCUT2D eigenvalue weighted by atomic mass is 32.1. The molecule has 2 aliphatic heterocycles. The molecule has 188 valence electrons. The molecule has 7 heteroatoms. The third kappa shape index (κ3) is 5.08. The summed E-state index contributed by atoms with van der Waals surface area (Å²) >= 11 is 1.80. The molecule has 2 atom stereocenters. The zero-order chi connectivity index (χ0) is 25.2. The number of carbonyl (C=O) groups excluding carboxylic acids is 2. The molecular formula is C29H32FN3O2S. The molecule has 36 heavy (non-hydrogen) atoms. The minimum absolute atomic E-state index is 0.0156. The van der Waals surface area contributed by atoms with Crippen molar-refractivity contribution in [2.24, 2.45) is 0 Å². The Morgan fingerprint density at radius 3 is 2.50 bits per heavy atom. The smallest absolute Gasteiger partial charge is 0.236 e. The van der Waals surface area contributed by atoms with Gasteiger partial charge in [-0.05, 0) is 66.1 Å². The van der Waals surface area contributed by atoms with Crippen molar-refractivity contribution >= 4 is 23.2 Å². The van der Waals surface area contributed by atoms with Gasteiger partial charge < -0.3 is 9.80 Å². The van der Waals surface area contributed by atoms with Gasteiger partial charge in [0.05, 0.1) is 19.0 Å². The number of rotatable bonds is 5. The van der Waals surface area contributed by atoms with Gasteiger partial charge in [0.2, 0.25) is 11.8 Å². The van der Waals surface area contributed by atoms with Gasteiger partial charge >= 0.3 is 0 Å². The van der Waals surface area contributed by atoms with E-state index in [1.807, 2.05) is 16.7 Å². The minimum atomic E-state index is -0.305. The van der Waals surface area contributed by atoms with Crippen LogP contribution in [0.5, 0.6) is 0 Å². The van der Waals surface area contributed by atoms with Crippen LogP contribution in [-0.2, 0) is 22.4 Å². The van der Waals surface area contributed by atoms with Crippen molar-refractivity contribution in [3.05, 3.63) is 92.9 Å². The molecule has 2 aliphatic rings. The van der Waals surface area contributed by atoms with E-state index in [1.54, 1.807) is 23.5 Å². The van der Waals surface area contributed by atoms with Crippen LogP contribution in [0.15, 0.2) is 60.0 Å². The monoisotopic (exact) mass is 505 g/mol. The molecular weight excluding hydrogens is 473 g/mol. The lowest BCUT2D eigenvalue weighted by atomic mass is 9.90. The Morgan fingerprint density at radius 2 is 1.75 bits per heavy atom. The molecule has 0 aliphatic carbocycles. The maximum Gasteiger partial charge on any atom is 0.236 e. The fraction of sp³-hybridized carbons (Fsp3) is 0.379. The molecule has 1 aromatic heterocycles. The van der Waals surface area contributed by atoms with Crippen LogP contribution in [-0.4, -0.2) is 65.3 Å². The lowest BCUT2D eigenvalue weighted by Crippen LogP contribution is -2.57. The Balaban J connectivity index is 1.25. The summed E-state index contributed by atoms with van der Waals surface area (Å²) in [6.07, 6.45) is 1.21. The first-order valence-electron chi connectivity index (χ1n) is 12.6. The topological polar surface area (TPSA) is 43.9 Å². The van der Waals surface area contributed by atoms with Crippen molar-refractivity contribution in [1.82, 2.24) is 14.7 Å². The molecule has 5 rings (SSSR count). The summed E-state index contributed by atoms with van der Waals surface area (Å²) < 4.78 is 13.2. The summed E-state index contributed by atoms with van der Waals surface area (Å²) in [5.74, 6) is -0.174. The Bertz CT molecular complexity index is 1240. The molecule has 5 nitrogen and oxygen atoms in total. The number of benzene rings is 2.